The van der Waals surface area contributed by atoms with Gasteiger partial charge in [0.05, 0.1) is 7.11 Å². The van der Waals surface area contributed by atoms with E-state index in [1.165, 1.54) is 13.5 Å². The number of hydrogen-bond acceptors (Lipinski definition) is 7. The molecule has 3 aromatic rings. The van der Waals surface area contributed by atoms with Crippen LogP contribution in [0.3, 0.4) is 0 Å². The van der Waals surface area contributed by atoms with Gasteiger partial charge in [-0.3, -0.25) is 0 Å². The van der Waals surface area contributed by atoms with E-state index in [9.17, 15) is 4.79 Å². The Kier molecular flexibility index (Phi) is 4.71. The van der Waals surface area contributed by atoms with Crippen LogP contribution in [-0.4, -0.2) is 29.9 Å². The highest BCUT2D eigenvalue weighted by atomic mass is 16.6. The maximum absolute atomic E-state index is 11.9. The van der Waals surface area contributed by atoms with E-state index in [1.807, 2.05) is 6.07 Å². The third-order valence-corrected chi connectivity index (χ3v) is 3.11. The first-order chi connectivity index (χ1) is 11.8. The molecular formula is C17H14N2O5. The van der Waals surface area contributed by atoms with Crippen molar-refractivity contribution in [1.29, 1.82) is 0 Å². The molecule has 0 fully saturated rings. The quantitative estimate of drug-likeness (QED) is 0.508. The second-order valence-electron chi connectivity index (χ2n) is 4.68. The highest BCUT2D eigenvalue weighted by molar-refractivity contribution is 5.74. The Bertz CT molecular complexity index is 800. The zero-order valence-electron chi connectivity index (χ0n) is 12.8. The van der Waals surface area contributed by atoms with Crippen LogP contribution in [0, 0.1) is 0 Å². The molecule has 0 N–H and O–H groups in total. The third-order valence-electron chi connectivity index (χ3n) is 3.11. The highest BCUT2D eigenvalue weighted by Crippen LogP contribution is 2.26. The van der Waals surface area contributed by atoms with Crippen molar-refractivity contribution in [2.45, 2.75) is 0 Å². The van der Waals surface area contributed by atoms with Crippen LogP contribution in [0.1, 0.15) is 0 Å². The fourth-order valence-electron chi connectivity index (χ4n) is 2.00. The van der Waals surface area contributed by atoms with Gasteiger partial charge in [0.2, 0.25) is 12.3 Å². The zero-order valence-corrected chi connectivity index (χ0v) is 12.8. The van der Waals surface area contributed by atoms with Crippen LogP contribution in [0.15, 0.2) is 59.3 Å². The molecule has 1 aromatic heterocycles. The first-order valence-corrected chi connectivity index (χ1v) is 7.09. The average molecular weight is 326 g/mol. The van der Waals surface area contributed by atoms with Crippen molar-refractivity contribution >= 4 is 5.97 Å². The summed E-state index contributed by atoms with van der Waals surface area (Å²) in [7, 11) is 1.53. The molecular weight excluding hydrogens is 312 g/mol. The smallest absolute Gasteiger partial charge is 0.349 e. The van der Waals surface area contributed by atoms with Crippen molar-refractivity contribution in [1.82, 2.24) is 10.2 Å². The number of nitrogens with zero attached hydrogens (tertiary/aromatic N) is 2. The van der Waals surface area contributed by atoms with E-state index in [0.717, 1.165) is 5.56 Å². The van der Waals surface area contributed by atoms with Gasteiger partial charge in [0, 0.05) is 5.56 Å². The Balaban J connectivity index is 1.57. The van der Waals surface area contributed by atoms with E-state index in [4.69, 9.17) is 18.6 Å². The number of rotatable bonds is 6. The Morgan fingerprint density at radius 1 is 1.08 bits per heavy atom. The van der Waals surface area contributed by atoms with Gasteiger partial charge in [-0.15, -0.1) is 10.2 Å². The van der Waals surface area contributed by atoms with Crippen LogP contribution in [0.5, 0.6) is 17.2 Å². The molecule has 0 aliphatic heterocycles. The summed E-state index contributed by atoms with van der Waals surface area (Å²) >= 11 is 0. The molecule has 0 aliphatic rings. The number of carbonyl (C=O) groups excluding carboxylic acids is 1. The first-order valence-electron chi connectivity index (χ1n) is 7.09. The molecule has 0 radical (unpaired) electrons. The van der Waals surface area contributed by atoms with Crippen molar-refractivity contribution in [2.75, 3.05) is 13.7 Å². The largest absolute Gasteiger partial charge is 0.493 e. The van der Waals surface area contributed by atoms with Gasteiger partial charge < -0.3 is 18.6 Å². The summed E-state index contributed by atoms with van der Waals surface area (Å²) in [5.74, 6) is 1.30. The van der Waals surface area contributed by atoms with Crippen molar-refractivity contribution in [3.8, 4) is 28.7 Å². The molecule has 7 heteroatoms. The van der Waals surface area contributed by atoms with Crippen LogP contribution < -0.4 is 14.2 Å². The number of para-hydroxylation sites is 2. The second kappa shape index (κ2) is 7.28. The van der Waals surface area contributed by atoms with Crippen LogP contribution in [0.25, 0.3) is 11.5 Å². The van der Waals surface area contributed by atoms with Gasteiger partial charge in [-0.25, -0.2) is 4.79 Å². The van der Waals surface area contributed by atoms with E-state index in [-0.39, 0.29) is 6.61 Å². The van der Waals surface area contributed by atoms with Crippen LogP contribution >= 0.6 is 0 Å². The molecule has 2 aromatic carbocycles. The molecule has 7 nitrogen and oxygen atoms in total. The Hall–Kier alpha value is -3.35. The molecule has 0 spiro atoms. The lowest BCUT2D eigenvalue weighted by Crippen LogP contribution is -2.17. The lowest BCUT2D eigenvalue weighted by molar-refractivity contribution is -0.136. The topological polar surface area (TPSA) is 83.7 Å². The Labute approximate surface area is 137 Å². The number of ether oxygens (including phenoxy) is 3. The number of esters is 1. The molecule has 0 unspecified atom stereocenters. The number of benzene rings is 2. The van der Waals surface area contributed by atoms with E-state index in [1.54, 1.807) is 42.5 Å². The molecule has 3 rings (SSSR count). The van der Waals surface area contributed by atoms with Gasteiger partial charge in [0.1, 0.15) is 5.75 Å². The Morgan fingerprint density at radius 3 is 2.50 bits per heavy atom. The van der Waals surface area contributed by atoms with Gasteiger partial charge >= 0.3 is 5.97 Å². The summed E-state index contributed by atoms with van der Waals surface area (Å²) in [6.07, 6.45) is 1.25. The summed E-state index contributed by atoms with van der Waals surface area (Å²) in [5, 5.41) is 7.41. The normalized spacial score (nSPS) is 10.2. The minimum absolute atomic E-state index is 0.230. The summed E-state index contributed by atoms with van der Waals surface area (Å²) < 4.78 is 20.9. The molecule has 0 bridgehead atoms. The molecule has 122 valence electrons. The highest BCUT2D eigenvalue weighted by Gasteiger charge is 2.10. The van der Waals surface area contributed by atoms with E-state index < -0.39 is 5.97 Å². The minimum atomic E-state index is -0.522. The van der Waals surface area contributed by atoms with Crippen LogP contribution in [0.4, 0.5) is 0 Å². The number of carbonyl (C=O) groups is 1. The number of methoxy groups -OCH3 is 1. The average Bonchev–Trinajstić information content (AvgIpc) is 3.15. The first kappa shape index (κ1) is 15.5. The SMILES string of the molecule is COc1ccccc1OCC(=O)Oc1ccc(-c2nnco2)cc1. The van der Waals surface area contributed by atoms with Gasteiger partial charge in [0.25, 0.3) is 0 Å². The number of aromatic nitrogens is 2. The monoisotopic (exact) mass is 326 g/mol. The van der Waals surface area contributed by atoms with Crippen molar-refractivity contribution in [3.05, 3.63) is 54.9 Å². The summed E-state index contributed by atoms with van der Waals surface area (Å²) in [5.41, 5.74) is 0.734. The lowest BCUT2D eigenvalue weighted by Gasteiger charge is -2.10. The summed E-state index contributed by atoms with van der Waals surface area (Å²) in [6.45, 7) is -0.230. The zero-order chi connectivity index (χ0) is 16.8. The minimum Gasteiger partial charge on any atom is -0.493 e. The fourth-order valence-corrected chi connectivity index (χ4v) is 2.00. The predicted molar refractivity (Wildman–Crippen MR) is 83.9 cm³/mol. The van der Waals surface area contributed by atoms with Crippen LogP contribution in [0.2, 0.25) is 0 Å². The van der Waals surface area contributed by atoms with Crippen molar-refractivity contribution in [2.24, 2.45) is 0 Å². The van der Waals surface area contributed by atoms with Crippen molar-refractivity contribution in [3.63, 3.8) is 0 Å². The van der Waals surface area contributed by atoms with E-state index >= 15 is 0 Å². The van der Waals surface area contributed by atoms with Gasteiger partial charge in [0.15, 0.2) is 18.1 Å². The molecule has 24 heavy (non-hydrogen) atoms. The molecule has 1 heterocycles. The maximum atomic E-state index is 11.9. The fraction of sp³-hybridized carbons (Fsp3) is 0.118. The van der Waals surface area contributed by atoms with Crippen LogP contribution in [-0.2, 0) is 4.79 Å². The van der Waals surface area contributed by atoms with Crippen molar-refractivity contribution < 1.29 is 23.4 Å². The maximum Gasteiger partial charge on any atom is 0.349 e. The summed E-state index contributed by atoms with van der Waals surface area (Å²) in [6, 6.07) is 13.8. The standard InChI is InChI=1S/C17H14N2O5/c1-21-14-4-2-3-5-15(14)22-10-16(20)24-13-8-6-12(7-9-13)17-19-18-11-23-17/h2-9,11H,10H2,1H3. The molecule has 0 amide bonds. The van der Waals surface area contributed by atoms with Gasteiger partial charge in [-0.2, -0.15) is 0 Å². The molecule has 0 atom stereocenters. The summed E-state index contributed by atoms with van der Waals surface area (Å²) in [4.78, 5) is 11.9. The predicted octanol–water partition coefficient (Wildman–Crippen LogP) is 2.73. The second-order valence-corrected chi connectivity index (χ2v) is 4.68. The lowest BCUT2D eigenvalue weighted by atomic mass is 10.2. The molecule has 0 saturated carbocycles. The van der Waals surface area contributed by atoms with E-state index in [2.05, 4.69) is 10.2 Å². The molecule has 0 saturated heterocycles. The number of hydrogen-bond donors (Lipinski definition) is 0. The Morgan fingerprint density at radius 2 is 1.83 bits per heavy atom. The third kappa shape index (κ3) is 3.70. The molecule has 0 aliphatic carbocycles. The van der Waals surface area contributed by atoms with Gasteiger partial charge in [-0.1, -0.05) is 12.1 Å². The van der Waals surface area contributed by atoms with Gasteiger partial charge in [-0.05, 0) is 36.4 Å². The van der Waals surface area contributed by atoms with E-state index in [0.29, 0.717) is 23.1 Å².